The quantitative estimate of drug-likeness (QED) is 0.655. The van der Waals surface area contributed by atoms with Crippen molar-refractivity contribution in [1.82, 2.24) is 15.2 Å². The molecule has 0 saturated carbocycles. The number of H-pyrrole nitrogens is 2. The summed E-state index contributed by atoms with van der Waals surface area (Å²) in [6.07, 6.45) is -9.52. The van der Waals surface area contributed by atoms with Gasteiger partial charge in [0.25, 0.3) is 0 Å². The highest BCUT2D eigenvalue weighted by atomic mass is 19.4. The van der Waals surface area contributed by atoms with Crippen LogP contribution in [-0.2, 0) is 12.4 Å². The molecule has 10 heteroatoms. The predicted octanol–water partition coefficient (Wildman–Crippen LogP) is 3.96. The first kappa shape index (κ1) is 16.1. The Morgan fingerprint density at radius 1 is 0.958 bits per heavy atom. The lowest BCUT2D eigenvalue weighted by Crippen LogP contribution is -2.13. The lowest BCUT2D eigenvalue weighted by molar-refractivity contribution is -0.138. The average molecular weight is 347 g/mol. The molecule has 0 aliphatic heterocycles. The van der Waals surface area contributed by atoms with E-state index in [9.17, 15) is 31.1 Å². The summed E-state index contributed by atoms with van der Waals surface area (Å²) in [6.45, 7) is 0. The molecule has 1 aromatic carbocycles. The van der Waals surface area contributed by atoms with Crippen LogP contribution in [0.1, 0.15) is 11.1 Å². The van der Waals surface area contributed by atoms with E-state index in [2.05, 4.69) is 15.2 Å². The number of fused-ring (bicyclic) bond motifs is 1. The van der Waals surface area contributed by atoms with E-state index in [4.69, 9.17) is 0 Å². The molecular weight excluding hydrogens is 340 g/mol. The number of pyridine rings is 1. The van der Waals surface area contributed by atoms with Crippen LogP contribution in [-0.4, -0.2) is 15.2 Å². The molecule has 4 nitrogen and oxygen atoms in total. The van der Waals surface area contributed by atoms with E-state index < -0.39 is 34.4 Å². The molecule has 0 fully saturated rings. The van der Waals surface area contributed by atoms with Gasteiger partial charge in [-0.3, -0.25) is 9.89 Å². The van der Waals surface area contributed by atoms with E-state index in [-0.39, 0.29) is 16.9 Å². The molecule has 0 aliphatic rings. The lowest BCUT2D eigenvalue weighted by Gasteiger charge is -2.10. The maximum absolute atomic E-state index is 13.2. The zero-order valence-corrected chi connectivity index (χ0v) is 11.5. The van der Waals surface area contributed by atoms with Gasteiger partial charge in [0.2, 0.25) is 5.56 Å². The number of hydrogen-bond donors (Lipinski definition) is 2. The molecule has 2 heterocycles. The van der Waals surface area contributed by atoms with Crippen molar-refractivity contribution < 1.29 is 26.3 Å². The molecule has 0 atom stereocenters. The highest BCUT2D eigenvalue weighted by Gasteiger charge is 2.36. The Hall–Kier alpha value is -2.78. The number of nitrogens with one attached hydrogen (secondary N) is 2. The predicted molar refractivity (Wildman–Crippen MR) is 72.2 cm³/mol. The molecule has 0 spiro atoms. The summed E-state index contributed by atoms with van der Waals surface area (Å²) in [5.41, 5.74) is -4.11. The van der Waals surface area contributed by atoms with Gasteiger partial charge in [0.1, 0.15) is 11.3 Å². The van der Waals surface area contributed by atoms with Gasteiger partial charge in [-0.25, -0.2) is 0 Å². The van der Waals surface area contributed by atoms with Crippen molar-refractivity contribution in [2.24, 2.45) is 0 Å². The first-order valence-electron chi connectivity index (χ1n) is 6.43. The third-order valence-corrected chi connectivity index (χ3v) is 3.33. The Labute approximate surface area is 129 Å². The van der Waals surface area contributed by atoms with Gasteiger partial charge in [-0.1, -0.05) is 12.1 Å². The average Bonchev–Trinajstić information content (AvgIpc) is 2.88. The number of alkyl halides is 6. The minimum Gasteiger partial charge on any atom is -0.307 e. The van der Waals surface area contributed by atoms with Crippen LogP contribution in [0.3, 0.4) is 0 Å². The Bertz CT molecular complexity index is 967. The van der Waals surface area contributed by atoms with Crippen LogP contribution in [0.2, 0.25) is 0 Å². The summed E-state index contributed by atoms with van der Waals surface area (Å²) in [6, 6.07) is 4.11. The van der Waals surface area contributed by atoms with Gasteiger partial charge < -0.3 is 4.98 Å². The fourth-order valence-corrected chi connectivity index (χ4v) is 2.33. The Kier molecular flexibility index (Phi) is 3.43. The molecule has 0 saturated heterocycles. The monoisotopic (exact) mass is 347 g/mol. The van der Waals surface area contributed by atoms with Crippen LogP contribution < -0.4 is 5.56 Å². The summed E-state index contributed by atoms with van der Waals surface area (Å²) in [4.78, 5) is 13.5. The summed E-state index contributed by atoms with van der Waals surface area (Å²) in [5, 5.41) is 5.35. The SMILES string of the molecule is O=c1cc(C(F)(F)F)c2c(-c3cccc(C(F)(F)F)c3)n[nH]c2[nH]1. The molecule has 0 radical (unpaired) electrons. The number of rotatable bonds is 1. The summed E-state index contributed by atoms with van der Waals surface area (Å²) in [7, 11) is 0. The minimum absolute atomic E-state index is 0.159. The van der Waals surface area contributed by atoms with Gasteiger partial charge in [0.05, 0.1) is 16.5 Å². The van der Waals surface area contributed by atoms with Crippen LogP contribution in [0.25, 0.3) is 22.3 Å². The van der Waals surface area contributed by atoms with Crippen molar-refractivity contribution in [2.45, 2.75) is 12.4 Å². The second kappa shape index (κ2) is 5.11. The van der Waals surface area contributed by atoms with Gasteiger partial charge in [0, 0.05) is 11.6 Å². The summed E-state index contributed by atoms with van der Waals surface area (Å²) in [5.74, 6) is 0. The highest BCUT2D eigenvalue weighted by Crippen LogP contribution is 2.38. The van der Waals surface area contributed by atoms with E-state index in [1.165, 1.54) is 6.07 Å². The Morgan fingerprint density at radius 3 is 2.29 bits per heavy atom. The molecule has 3 aromatic rings. The molecule has 126 valence electrons. The standard InChI is InChI=1S/C14H7F6N3O/c15-13(16,17)7-3-1-2-6(4-7)11-10-8(14(18,19)20)5-9(24)21-12(10)23-22-11/h1-5H,(H2,21,22,23,24). The second-order valence-corrected chi connectivity index (χ2v) is 4.95. The zero-order valence-electron chi connectivity index (χ0n) is 11.5. The van der Waals surface area contributed by atoms with Crippen molar-refractivity contribution in [3.8, 4) is 11.3 Å². The first-order chi connectivity index (χ1) is 11.1. The maximum Gasteiger partial charge on any atom is 0.417 e. The first-order valence-corrected chi connectivity index (χ1v) is 6.43. The van der Waals surface area contributed by atoms with E-state index in [1.54, 1.807) is 0 Å². The molecule has 2 N–H and O–H groups in total. The molecule has 0 unspecified atom stereocenters. The minimum atomic E-state index is -4.87. The smallest absolute Gasteiger partial charge is 0.307 e. The third-order valence-electron chi connectivity index (χ3n) is 3.33. The summed E-state index contributed by atoms with van der Waals surface area (Å²) >= 11 is 0. The van der Waals surface area contributed by atoms with Gasteiger partial charge >= 0.3 is 12.4 Å². The van der Waals surface area contributed by atoms with Crippen molar-refractivity contribution in [3.05, 3.63) is 51.8 Å². The van der Waals surface area contributed by atoms with Crippen molar-refractivity contribution in [1.29, 1.82) is 0 Å². The largest absolute Gasteiger partial charge is 0.417 e. The lowest BCUT2D eigenvalue weighted by atomic mass is 10.0. The van der Waals surface area contributed by atoms with Crippen LogP contribution in [0.5, 0.6) is 0 Å². The van der Waals surface area contributed by atoms with Crippen molar-refractivity contribution in [2.75, 3.05) is 0 Å². The normalized spacial score (nSPS) is 12.8. The number of aromatic nitrogens is 3. The molecule has 3 rings (SSSR count). The molecule has 0 amide bonds. The van der Waals surface area contributed by atoms with Crippen LogP contribution in [0.15, 0.2) is 35.1 Å². The van der Waals surface area contributed by atoms with Crippen LogP contribution >= 0.6 is 0 Å². The fourth-order valence-electron chi connectivity index (χ4n) is 2.33. The molecule has 0 aliphatic carbocycles. The number of nitrogens with zero attached hydrogens (tertiary/aromatic N) is 1. The number of aromatic amines is 2. The van der Waals surface area contributed by atoms with Gasteiger partial charge in [-0.05, 0) is 12.1 Å². The van der Waals surface area contributed by atoms with Crippen molar-refractivity contribution >= 4 is 11.0 Å². The summed E-state index contributed by atoms with van der Waals surface area (Å²) < 4.78 is 77.9. The number of hydrogen-bond acceptors (Lipinski definition) is 2. The van der Waals surface area contributed by atoms with Crippen LogP contribution in [0, 0.1) is 0 Å². The molecular formula is C14H7F6N3O. The maximum atomic E-state index is 13.2. The third kappa shape index (κ3) is 2.74. The zero-order chi connectivity index (χ0) is 17.7. The highest BCUT2D eigenvalue weighted by molar-refractivity contribution is 5.93. The second-order valence-electron chi connectivity index (χ2n) is 4.95. The van der Waals surface area contributed by atoms with Crippen LogP contribution in [0.4, 0.5) is 26.3 Å². The van der Waals surface area contributed by atoms with Gasteiger partial charge in [-0.2, -0.15) is 31.4 Å². The number of benzene rings is 1. The van der Waals surface area contributed by atoms with Gasteiger partial charge in [-0.15, -0.1) is 0 Å². The fraction of sp³-hybridized carbons (Fsp3) is 0.143. The van der Waals surface area contributed by atoms with Gasteiger partial charge in [0.15, 0.2) is 0 Å². The van der Waals surface area contributed by atoms with E-state index >= 15 is 0 Å². The number of halogens is 6. The van der Waals surface area contributed by atoms with E-state index in [0.717, 1.165) is 12.1 Å². The topological polar surface area (TPSA) is 61.5 Å². The molecule has 0 bridgehead atoms. The molecule has 2 aromatic heterocycles. The molecule has 24 heavy (non-hydrogen) atoms. The Morgan fingerprint density at radius 2 is 1.67 bits per heavy atom. The van der Waals surface area contributed by atoms with Crippen molar-refractivity contribution in [3.63, 3.8) is 0 Å². The Balaban J connectivity index is 2.31. The van der Waals surface area contributed by atoms with E-state index in [0.29, 0.717) is 12.1 Å². The van der Waals surface area contributed by atoms with E-state index in [1.807, 2.05) is 0 Å².